The molecule has 0 amide bonds. The first-order valence-corrected chi connectivity index (χ1v) is 7.63. The van der Waals surface area contributed by atoms with Crippen molar-refractivity contribution in [2.45, 2.75) is 12.8 Å². The molecule has 0 radical (unpaired) electrons. The monoisotopic (exact) mass is 340 g/mol. The van der Waals surface area contributed by atoms with Crippen LogP contribution in [0.15, 0.2) is 18.2 Å². The lowest BCUT2D eigenvalue weighted by molar-refractivity contribution is -0.147. The van der Waals surface area contributed by atoms with Crippen LogP contribution in [0.4, 0.5) is 0 Å². The van der Waals surface area contributed by atoms with E-state index in [4.69, 9.17) is 41.7 Å². The quantitative estimate of drug-likeness (QED) is 0.557. The molecule has 1 aromatic carbocycles. The van der Waals surface area contributed by atoms with Gasteiger partial charge in [-0.2, -0.15) is 0 Å². The Hall–Kier alpha value is -0.580. The number of benzene rings is 1. The Balaban J connectivity index is 2.47. The summed E-state index contributed by atoms with van der Waals surface area (Å²) in [5.74, 6) is -0.664. The van der Waals surface area contributed by atoms with Crippen molar-refractivity contribution in [1.82, 2.24) is 0 Å². The van der Waals surface area contributed by atoms with Gasteiger partial charge in [0.15, 0.2) is 12.5 Å². The van der Waals surface area contributed by atoms with E-state index in [9.17, 15) is 4.79 Å². The van der Waals surface area contributed by atoms with Crippen molar-refractivity contribution in [2.75, 3.05) is 20.8 Å². The van der Waals surface area contributed by atoms with E-state index in [-0.39, 0.29) is 6.61 Å². The molecule has 1 aromatic rings. The van der Waals surface area contributed by atoms with Crippen molar-refractivity contribution in [1.29, 1.82) is 0 Å². The molecular formula is C12H15Cl2O5P. The van der Waals surface area contributed by atoms with Crippen LogP contribution in [-0.2, 0) is 18.6 Å². The van der Waals surface area contributed by atoms with Crippen LogP contribution in [-0.4, -0.2) is 32.6 Å². The van der Waals surface area contributed by atoms with Crippen molar-refractivity contribution in [3.05, 3.63) is 28.2 Å². The molecular weight excluding hydrogens is 326 g/mol. The SMILES string of the molecule is COP(OC)C(C)OC(=O)COc1ccc(Cl)cc1Cl. The van der Waals surface area contributed by atoms with Gasteiger partial charge in [0.05, 0.1) is 5.02 Å². The van der Waals surface area contributed by atoms with Crippen LogP contribution in [0.3, 0.4) is 0 Å². The van der Waals surface area contributed by atoms with Gasteiger partial charge in [-0.1, -0.05) is 23.2 Å². The summed E-state index contributed by atoms with van der Waals surface area (Å²) in [7, 11) is 1.71. The van der Waals surface area contributed by atoms with Crippen LogP contribution in [0.5, 0.6) is 5.75 Å². The zero-order valence-electron chi connectivity index (χ0n) is 11.3. The maximum atomic E-state index is 11.6. The molecule has 0 bridgehead atoms. The highest BCUT2D eigenvalue weighted by atomic mass is 35.5. The van der Waals surface area contributed by atoms with Gasteiger partial charge in [0.2, 0.25) is 8.38 Å². The lowest BCUT2D eigenvalue weighted by Crippen LogP contribution is -2.20. The highest BCUT2D eigenvalue weighted by molar-refractivity contribution is 7.47. The molecule has 20 heavy (non-hydrogen) atoms. The topological polar surface area (TPSA) is 54.0 Å². The second-order valence-electron chi connectivity index (χ2n) is 3.60. The summed E-state index contributed by atoms with van der Waals surface area (Å²) in [4.78, 5) is 11.6. The van der Waals surface area contributed by atoms with Gasteiger partial charge in [0.1, 0.15) is 5.75 Å². The predicted molar refractivity (Wildman–Crippen MR) is 78.4 cm³/mol. The Morgan fingerprint density at radius 2 is 1.95 bits per heavy atom. The first-order chi connectivity index (χ1) is 9.47. The van der Waals surface area contributed by atoms with E-state index in [0.29, 0.717) is 15.8 Å². The van der Waals surface area contributed by atoms with Crippen LogP contribution < -0.4 is 4.74 Å². The molecule has 1 unspecified atom stereocenters. The lowest BCUT2D eigenvalue weighted by atomic mass is 10.3. The second kappa shape index (κ2) is 8.65. The van der Waals surface area contributed by atoms with E-state index in [0.717, 1.165) is 0 Å². The molecule has 1 atom stereocenters. The molecule has 0 aromatic heterocycles. The van der Waals surface area contributed by atoms with Gasteiger partial charge in [-0.15, -0.1) is 0 Å². The summed E-state index contributed by atoms with van der Waals surface area (Å²) in [6, 6.07) is 4.73. The summed E-state index contributed by atoms with van der Waals surface area (Å²) in [6.45, 7) is 1.42. The molecule has 1 rings (SSSR count). The molecule has 0 aliphatic rings. The van der Waals surface area contributed by atoms with Gasteiger partial charge in [-0.3, -0.25) is 0 Å². The molecule has 0 spiro atoms. The fraction of sp³-hybridized carbons (Fsp3) is 0.417. The maximum absolute atomic E-state index is 11.6. The van der Waals surface area contributed by atoms with E-state index in [1.807, 2.05) is 0 Å². The third-order valence-electron chi connectivity index (χ3n) is 2.20. The number of esters is 1. The average molecular weight is 341 g/mol. The minimum Gasteiger partial charge on any atom is -0.480 e. The molecule has 0 aliphatic heterocycles. The van der Waals surface area contributed by atoms with Crippen LogP contribution in [0.1, 0.15) is 6.92 Å². The highest BCUT2D eigenvalue weighted by Gasteiger charge is 2.21. The molecule has 0 N–H and O–H groups in total. The van der Waals surface area contributed by atoms with Gasteiger partial charge >= 0.3 is 5.97 Å². The highest BCUT2D eigenvalue weighted by Crippen LogP contribution is 2.42. The fourth-order valence-corrected chi connectivity index (χ4v) is 2.78. The summed E-state index contributed by atoms with van der Waals surface area (Å²) in [6.07, 6.45) is 0. The van der Waals surface area contributed by atoms with Gasteiger partial charge in [0.25, 0.3) is 0 Å². The Morgan fingerprint density at radius 1 is 1.30 bits per heavy atom. The molecule has 0 fully saturated rings. The van der Waals surface area contributed by atoms with Crippen molar-refractivity contribution in [3.8, 4) is 5.75 Å². The van der Waals surface area contributed by atoms with Crippen LogP contribution in [0.25, 0.3) is 0 Å². The number of hydrogen-bond donors (Lipinski definition) is 0. The van der Waals surface area contributed by atoms with Crippen molar-refractivity contribution in [3.63, 3.8) is 0 Å². The Bertz CT molecular complexity index is 453. The standard InChI is InChI=1S/C12H15Cl2O5P/c1-8(20(16-2)17-3)19-12(15)7-18-11-5-4-9(13)6-10(11)14/h4-6,8H,7H2,1-3H3. The fourth-order valence-electron chi connectivity index (χ4n) is 1.37. The summed E-state index contributed by atoms with van der Waals surface area (Å²) in [5.41, 5.74) is 0. The van der Waals surface area contributed by atoms with E-state index in [1.165, 1.54) is 20.3 Å². The molecule has 8 heteroatoms. The first kappa shape index (κ1) is 17.5. The maximum Gasteiger partial charge on any atom is 0.344 e. The predicted octanol–water partition coefficient (Wildman–Crippen LogP) is 3.87. The van der Waals surface area contributed by atoms with Crippen LogP contribution >= 0.6 is 31.6 Å². The summed E-state index contributed by atoms with van der Waals surface area (Å²) >= 11 is 11.7. The molecule has 5 nitrogen and oxygen atoms in total. The van der Waals surface area contributed by atoms with E-state index >= 15 is 0 Å². The van der Waals surface area contributed by atoms with Crippen LogP contribution in [0.2, 0.25) is 10.0 Å². The van der Waals surface area contributed by atoms with E-state index in [2.05, 4.69) is 0 Å². The van der Waals surface area contributed by atoms with Gasteiger partial charge in [-0.25, -0.2) is 4.79 Å². The number of ether oxygens (including phenoxy) is 2. The third kappa shape index (κ3) is 5.43. The average Bonchev–Trinajstić information content (AvgIpc) is 2.39. The Labute approximate surface area is 129 Å². The Kier molecular flexibility index (Phi) is 7.56. The molecule has 0 heterocycles. The summed E-state index contributed by atoms with van der Waals surface area (Å²) < 4.78 is 20.5. The number of carbonyl (C=O) groups excluding carboxylic acids is 1. The van der Waals surface area contributed by atoms with E-state index < -0.39 is 20.2 Å². The molecule has 0 saturated heterocycles. The smallest absolute Gasteiger partial charge is 0.344 e. The number of halogens is 2. The van der Waals surface area contributed by atoms with Gasteiger partial charge in [0, 0.05) is 19.2 Å². The normalized spacial score (nSPS) is 12.3. The van der Waals surface area contributed by atoms with Crippen LogP contribution in [0, 0.1) is 0 Å². The van der Waals surface area contributed by atoms with Gasteiger partial charge in [-0.05, 0) is 25.1 Å². The van der Waals surface area contributed by atoms with Crippen molar-refractivity contribution in [2.24, 2.45) is 0 Å². The largest absolute Gasteiger partial charge is 0.480 e. The number of hydrogen-bond acceptors (Lipinski definition) is 5. The third-order valence-corrected chi connectivity index (χ3v) is 4.15. The number of carbonyl (C=O) groups is 1. The summed E-state index contributed by atoms with van der Waals surface area (Å²) in [5, 5.41) is 0.818. The first-order valence-electron chi connectivity index (χ1n) is 5.62. The Morgan fingerprint density at radius 3 is 2.50 bits per heavy atom. The minimum atomic E-state index is -1.27. The second-order valence-corrected chi connectivity index (χ2v) is 6.47. The minimum absolute atomic E-state index is 0.262. The van der Waals surface area contributed by atoms with Crippen molar-refractivity contribution < 1.29 is 23.3 Å². The number of rotatable bonds is 7. The zero-order valence-corrected chi connectivity index (χ0v) is 13.7. The molecule has 0 saturated carbocycles. The van der Waals surface area contributed by atoms with Crippen molar-refractivity contribution >= 4 is 37.5 Å². The molecule has 112 valence electrons. The lowest BCUT2D eigenvalue weighted by Gasteiger charge is -2.20. The molecule has 0 aliphatic carbocycles. The van der Waals surface area contributed by atoms with Gasteiger partial charge < -0.3 is 18.5 Å². The van der Waals surface area contributed by atoms with E-state index in [1.54, 1.807) is 19.1 Å². The zero-order chi connectivity index (χ0) is 15.1.